The lowest BCUT2D eigenvalue weighted by molar-refractivity contribution is -0.148. The van der Waals surface area contributed by atoms with Crippen LogP contribution in [0.15, 0.2) is 11.1 Å². The largest absolute Gasteiger partial charge is 0.462 e. The molecule has 0 amide bonds. The second-order valence-corrected chi connectivity index (χ2v) is 3.28. The maximum absolute atomic E-state index is 11.4. The molecule has 0 aliphatic heterocycles. The Bertz CT molecular complexity index is 327. The zero-order chi connectivity index (χ0) is 12.7. The van der Waals surface area contributed by atoms with Gasteiger partial charge in [0.05, 0.1) is 0 Å². The van der Waals surface area contributed by atoms with Gasteiger partial charge in [-0.15, -0.1) is 0 Å². The molecule has 0 bridgehead atoms. The third-order valence-electron chi connectivity index (χ3n) is 2.02. The normalized spacial score (nSPS) is 11.5. The molecule has 0 saturated carbocycles. The lowest BCUT2D eigenvalue weighted by Crippen LogP contribution is -2.14. The van der Waals surface area contributed by atoms with Crippen LogP contribution in [-0.2, 0) is 23.9 Å². The number of carbonyl (C=O) groups excluding carboxylic acids is 3. The maximum atomic E-state index is 11.4. The van der Waals surface area contributed by atoms with E-state index in [9.17, 15) is 14.4 Å². The minimum absolute atomic E-state index is 0.0130. The van der Waals surface area contributed by atoms with Gasteiger partial charge in [-0.2, -0.15) is 0 Å². The van der Waals surface area contributed by atoms with E-state index in [0.717, 1.165) is 0 Å². The van der Waals surface area contributed by atoms with Crippen molar-refractivity contribution in [3.8, 4) is 0 Å². The molecule has 0 aromatic rings. The van der Waals surface area contributed by atoms with Crippen molar-refractivity contribution >= 4 is 17.7 Å². The van der Waals surface area contributed by atoms with E-state index in [4.69, 9.17) is 4.74 Å². The summed E-state index contributed by atoms with van der Waals surface area (Å²) in [6.07, 6.45) is 0. The Morgan fingerprint density at radius 3 is 1.75 bits per heavy atom. The molecule has 0 heterocycles. The second kappa shape index (κ2) is 6.76. The number of ketones is 1. The summed E-state index contributed by atoms with van der Waals surface area (Å²) in [6.45, 7) is 5.74. The van der Waals surface area contributed by atoms with Gasteiger partial charge in [-0.1, -0.05) is 0 Å². The highest BCUT2D eigenvalue weighted by atomic mass is 16.6. The van der Waals surface area contributed by atoms with E-state index in [1.54, 1.807) is 6.92 Å². The van der Waals surface area contributed by atoms with Crippen LogP contribution >= 0.6 is 0 Å². The smallest absolute Gasteiger partial charge is 0.334 e. The lowest BCUT2D eigenvalue weighted by atomic mass is 10.1. The van der Waals surface area contributed by atoms with Crippen LogP contribution in [0.5, 0.6) is 0 Å². The van der Waals surface area contributed by atoms with Crippen LogP contribution in [0.2, 0.25) is 0 Å². The molecule has 0 aliphatic carbocycles. The van der Waals surface area contributed by atoms with E-state index in [1.807, 2.05) is 0 Å². The molecule has 16 heavy (non-hydrogen) atoms. The molecule has 90 valence electrons. The summed E-state index contributed by atoms with van der Waals surface area (Å²) in [5, 5.41) is 0. The van der Waals surface area contributed by atoms with Gasteiger partial charge in [0.2, 0.25) is 0 Å². The standard InChI is InChI=1S/C11H16O5/c1-7(9(3)12)8(2)11(14)16-6-5-15-10(4)13/h5-6H2,1-4H3. The highest BCUT2D eigenvalue weighted by molar-refractivity contribution is 6.01. The SMILES string of the molecule is CC(=O)OCCOC(=O)C(C)=C(C)C(C)=O. The summed E-state index contributed by atoms with van der Waals surface area (Å²) < 4.78 is 9.38. The van der Waals surface area contributed by atoms with Crippen LogP contribution in [0.3, 0.4) is 0 Å². The monoisotopic (exact) mass is 228 g/mol. The fourth-order valence-corrected chi connectivity index (χ4v) is 0.845. The van der Waals surface area contributed by atoms with Crippen molar-refractivity contribution in [3.05, 3.63) is 11.1 Å². The Morgan fingerprint density at radius 2 is 1.31 bits per heavy atom. The van der Waals surface area contributed by atoms with Crippen molar-refractivity contribution in [2.24, 2.45) is 0 Å². The highest BCUT2D eigenvalue weighted by Gasteiger charge is 2.11. The van der Waals surface area contributed by atoms with Crippen LogP contribution in [0.4, 0.5) is 0 Å². The van der Waals surface area contributed by atoms with E-state index >= 15 is 0 Å². The van der Waals surface area contributed by atoms with E-state index < -0.39 is 11.9 Å². The van der Waals surface area contributed by atoms with Gasteiger partial charge in [0, 0.05) is 18.1 Å². The maximum Gasteiger partial charge on any atom is 0.334 e. The molecule has 0 aromatic carbocycles. The average Bonchev–Trinajstić information content (AvgIpc) is 2.21. The molecule has 0 spiro atoms. The Morgan fingerprint density at radius 1 is 0.812 bits per heavy atom. The number of hydrogen-bond donors (Lipinski definition) is 0. The summed E-state index contributed by atoms with van der Waals surface area (Å²) in [7, 11) is 0. The fourth-order valence-electron chi connectivity index (χ4n) is 0.845. The quantitative estimate of drug-likeness (QED) is 0.399. The van der Waals surface area contributed by atoms with Gasteiger partial charge in [0.25, 0.3) is 0 Å². The molecule has 0 atom stereocenters. The number of Topliss-reactive ketones (excluding diaryl/α,β-unsaturated/α-hetero) is 1. The Balaban J connectivity index is 4.12. The molecule has 0 fully saturated rings. The fraction of sp³-hybridized carbons (Fsp3) is 0.545. The van der Waals surface area contributed by atoms with Crippen molar-refractivity contribution in [2.45, 2.75) is 27.7 Å². The van der Waals surface area contributed by atoms with E-state index in [2.05, 4.69) is 4.74 Å². The first-order valence-corrected chi connectivity index (χ1v) is 4.85. The summed E-state index contributed by atoms with van der Waals surface area (Å²) in [5.41, 5.74) is 0.646. The molecule has 0 aromatic heterocycles. The van der Waals surface area contributed by atoms with Crippen LogP contribution in [0, 0.1) is 0 Å². The average molecular weight is 228 g/mol. The van der Waals surface area contributed by atoms with Crippen molar-refractivity contribution in [1.29, 1.82) is 0 Å². The van der Waals surface area contributed by atoms with Gasteiger partial charge >= 0.3 is 11.9 Å². The number of carbonyl (C=O) groups is 3. The molecular weight excluding hydrogens is 212 g/mol. The molecule has 0 N–H and O–H groups in total. The van der Waals surface area contributed by atoms with E-state index in [0.29, 0.717) is 5.57 Å². The third-order valence-corrected chi connectivity index (χ3v) is 2.02. The number of hydrogen-bond acceptors (Lipinski definition) is 5. The number of ether oxygens (including phenoxy) is 2. The third kappa shape index (κ3) is 5.29. The van der Waals surface area contributed by atoms with Gasteiger partial charge in [0.1, 0.15) is 13.2 Å². The second-order valence-electron chi connectivity index (χ2n) is 3.28. The van der Waals surface area contributed by atoms with Crippen LogP contribution in [-0.4, -0.2) is 30.9 Å². The highest BCUT2D eigenvalue weighted by Crippen LogP contribution is 2.06. The van der Waals surface area contributed by atoms with Gasteiger partial charge in [-0.05, 0) is 20.8 Å². The zero-order valence-corrected chi connectivity index (χ0v) is 9.96. The van der Waals surface area contributed by atoms with Crippen LogP contribution in [0.25, 0.3) is 0 Å². The molecule has 0 saturated heterocycles. The van der Waals surface area contributed by atoms with Gasteiger partial charge in [-0.3, -0.25) is 9.59 Å². The molecule has 0 radical (unpaired) electrons. The minimum Gasteiger partial charge on any atom is -0.462 e. The summed E-state index contributed by atoms with van der Waals surface area (Å²) in [6, 6.07) is 0. The molecular formula is C11H16O5. The number of esters is 2. The zero-order valence-electron chi connectivity index (χ0n) is 9.96. The molecule has 5 nitrogen and oxygen atoms in total. The van der Waals surface area contributed by atoms with Crippen LogP contribution in [0.1, 0.15) is 27.7 Å². The van der Waals surface area contributed by atoms with Crippen molar-refractivity contribution in [3.63, 3.8) is 0 Å². The van der Waals surface area contributed by atoms with Gasteiger partial charge in [0.15, 0.2) is 5.78 Å². The van der Waals surface area contributed by atoms with Gasteiger partial charge in [-0.25, -0.2) is 4.79 Å². The first-order valence-electron chi connectivity index (χ1n) is 4.85. The lowest BCUT2D eigenvalue weighted by Gasteiger charge is -2.06. The van der Waals surface area contributed by atoms with Crippen LogP contribution < -0.4 is 0 Å². The summed E-state index contributed by atoms with van der Waals surface area (Å²) in [5.74, 6) is -1.17. The van der Waals surface area contributed by atoms with Crippen molar-refractivity contribution in [1.82, 2.24) is 0 Å². The Kier molecular flexibility index (Phi) is 6.07. The summed E-state index contributed by atoms with van der Waals surface area (Å²) in [4.78, 5) is 32.7. The minimum atomic E-state index is -0.570. The van der Waals surface area contributed by atoms with Crippen molar-refractivity contribution < 1.29 is 23.9 Å². The van der Waals surface area contributed by atoms with E-state index in [1.165, 1.54) is 20.8 Å². The molecule has 0 rings (SSSR count). The first kappa shape index (κ1) is 14.3. The van der Waals surface area contributed by atoms with Crippen molar-refractivity contribution in [2.75, 3.05) is 13.2 Å². The topological polar surface area (TPSA) is 69.7 Å². The summed E-state index contributed by atoms with van der Waals surface area (Å²) >= 11 is 0. The molecule has 0 aliphatic rings. The Labute approximate surface area is 94.4 Å². The van der Waals surface area contributed by atoms with E-state index in [-0.39, 0.29) is 24.6 Å². The first-order chi connectivity index (χ1) is 7.36. The van der Waals surface area contributed by atoms with Gasteiger partial charge < -0.3 is 9.47 Å². The predicted molar refractivity (Wildman–Crippen MR) is 56.6 cm³/mol. The molecule has 5 heteroatoms. The number of rotatable bonds is 5. The number of allylic oxidation sites excluding steroid dienone is 1. The predicted octanol–water partition coefficient (Wildman–Crippen LogP) is 1.02. The molecule has 0 unspecified atom stereocenters. The Hall–Kier alpha value is -1.65.